The normalized spacial score (nSPS) is 10.5. The molecule has 160 valence electrons. The Morgan fingerprint density at radius 1 is 0.969 bits per heavy atom. The number of hydrazine groups is 1. The highest BCUT2D eigenvalue weighted by Gasteiger charge is 2.10. The summed E-state index contributed by atoms with van der Waals surface area (Å²) in [5.74, 6) is -0.421. The molecule has 1 heterocycles. The summed E-state index contributed by atoms with van der Waals surface area (Å²) >= 11 is 0. The second kappa shape index (κ2) is 9.13. The Kier molecular flexibility index (Phi) is 5.94. The quantitative estimate of drug-likeness (QED) is 0.476. The predicted molar refractivity (Wildman–Crippen MR) is 120 cm³/mol. The average Bonchev–Trinajstić information content (AvgIpc) is 2.82. The molecule has 0 aliphatic rings. The standard InChI is InChI=1S/C24H20N4O4/c1-16-5-4-6-19(13-16)32-14-22(29)26-27-23(30)17-9-11-18(12-10-17)28-15-25-21-8-3-2-7-20(21)24(28)31/h2-13,15H,14H2,1H3,(H,26,29)(H,27,30). The van der Waals surface area contributed by atoms with E-state index in [0.717, 1.165) is 5.56 Å². The molecular weight excluding hydrogens is 408 g/mol. The molecule has 3 aromatic carbocycles. The van der Waals surface area contributed by atoms with E-state index in [9.17, 15) is 14.4 Å². The number of carbonyl (C=O) groups excluding carboxylic acids is 2. The number of aromatic nitrogens is 2. The Labute approximate surface area is 183 Å². The molecule has 8 nitrogen and oxygen atoms in total. The number of carbonyl (C=O) groups is 2. The van der Waals surface area contributed by atoms with E-state index in [4.69, 9.17) is 4.74 Å². The monoisotopic (exact) mass is 428 g/mol. The van der Waals surface area contributed by atoms with Crippen LogP contribution in [0.1, 0.15) is 15.9 Å². The van der Waals surface area contributed by atoms with Crippen molar-refractivity contribution >= 4 is 22.7 Å². The highest BCUT2D eigenvalue weighted by molar-refractivity contribution is 5.95. The number of ether oxygens (including phenoxy) is 1. The maximum atomic E-state index is 12.7. The van der Waals surface area contributed by atoms with Gasteiger partial charge in [0.05, 0.1) is 16.6 Å². The van der Waals surface area contributed by atoms with E-state index in [0.29, 0.717) is 27.9 Å². The molecule has 2 N–H and O–H groups in total. The van der Waals surface area contributed by atoms with Gasteiger partial charge in [0.15, 0.2) is 6.61 Å². The van der Waals surface area contributed by atoms with E-state index in [2.05, 4.69) is 15.8 Å². The zero-order chi connectivity index (χ0) is 22.5. The van der Waals surface area contributed by atoms with Crippen molar-refractivity contribution in [2.24, 2.45) is 0 Å². The van der Waals surface area contributed by atoms with Crippen molar-refractivity contribution < 1.29 is 14.3 Å². The van der Waals surface area contributed by atoms with Gasteiger partial charge in [-0.25, -0.2) is 4.98 Å². The lowest BCUT2D eigenvalue weighted by Gasteiger charge is -2.10. The van der Waals surface area contributed by atoms with Gasteiger partial charge in [-0.1, -0.05) is 24.3 Å². The van der Waals surface area contributed by atoms with Crippen molar-refractivity contribution in [2.45, 2.75) is 6.92 Å². The first-order chi connectivity index (χ1) is 15.5. The third kappa shape index (κ3) is 4.65. The number of amides is 2. The first-order valence-electron chi connectivity index (χ1n) is 9.87. The van der Waals surface area contributed by atoms with Crippen LogP contribution in [0.2, 0.25) is 0 Å². The van der Waals surface area contributed by atoms with E-state index in [-0.39, 0.29) is 12.2 Å². The number of aryl methyl sites for hydroxylation is 1. The van der Waals surface area contributed by atoms with Crippen molar-refractivity contribution in [1.29, 1.82) is 0 Å². The first-order valence-corrected chi connectivity index (χ1v) is 9.87. The minimum atomic E-state index is -0.496. The van der Waals surface area contributed by atoms with E-state index in [1.807, 2.05) is 31.2 Å². The summed E-state index contributed by atoms with van der Waals surface area (Å²) in [4.78, 5) is 41.2. The molecule has 0 saturated heterocycles. The summed E-state index contributed by atoms with van der Waals surface area (Å²) in [5.41, 5.74) is 6.97. The molecule has 0 saturated carbocycles. The molecule has 4 aromatic rings. The summed E-state index contributed by atoms with van der Waals surface area (Å²) < 4.78 is 6.80. The summed E-state index contributed by atoms with van der Waals surface area (Å²) in [6.45, 7) is 1.69. The van der Waals surface area contributed by atoms with Crippen molar-refractivity contribution in [3.8, 4) is 11.4 Å². The van der Waals surface area contributed by atoms with Crippen molar-refractivity contribution in [1.82, 2.24) is 20.4 Å². The fourth-order valence-corrected chi connectivity index (χ4v) is 3.12. The van der Waals surface area contributed by atoms with Crippen LogP contribution in [0.25, 0.3) is 16.6 Å². The number of rotatable bonds is 5. The zero-order valence-corrected chi connectivity index (χ0v) is 17.2. The fourth-order valence-electron chi connectivity index (χ4n) is 3.12. The van der Waals surface area contributed by atoms with Gasteiger partial charge in [0.2, 0.25) is 0 Å². The number of nitrogens with one attached hydrogen (secondary N) is 2. The smallest absolute Gasteiger partial charge is 0.276 e. The minimum absolute atomic E-state index is 0.200. The van der Waals surface area contributed by atoms with Crippen LogP contribution >= 0.6 is 0 Å². The molecule has 0 fully saturated rings. The summed E-state index contributed by atoms with van der Waals surface area (Å²) in [7, 11) is 0. The van der Waals surface area contributed by atoms with Crippen LogP contribution in [0.5, 0.6) is 5.75 Å². The lowest BCUT2D eigenvalue weighted by molar-refractivity contribution is -0.123. The van der Waals surface area contributed by atoms with Crippen LogP contribution < -0.4 is 21.1 Å². The molecule has 8 heteroatoms. The molecular formula is C24H20N4O4. The molecule has 0 aliphatic carbocycles. The van der Waals surface area contributed by atoms with Crippen LogP contribution in [0.3, 0.4) is 0 Å². The van der Waals surface area contributed by atoms with E-state index in [1.54, 1.807) is 48.5 Å². The van der Waals surface area contributed by atoms with Crippen LogP contribution in [0, 0.1) is 6.92 Å². The van der Waals surface area contributed by atoms with Gasteiger partial charge < -0.3 is 4.74 Å². The second-order valence-corrected chi connectivity index (χ2v) is 7.09. The molecule has 32 heavy (non-hydrogen) atoms. The molecule has 4 rings (SSSR count). The summed E-state index contributed by atoms with van der Waals surface area (Å²) in [6, 6.07) is 20.8. The average molecular weight is 428 g/mol. The van der Waals surface area contributed by atoms with E-state index >= 15 is 0 Å². The largest absolute Gasteiger partial charge is 0.484 e. The number of hydrogen-bond acceptors (Lipinski definition) is 5. The van der Waals surface area contributed by atoms with Crippen LogP contribution in [0.4, 0.5) is 0 Å². The number of benzene rings is 3. The van der Waals surface area contributed by atoms with Crippen LogP contribution in [0.15, 0.2) is 83.9 Å². The zero-order valence-electron chi connectivity index (χ0n) is 17.2. The Morgan fingerprint density at radius 2 is 1.75 bits per heavy atom. The Hall–Kier alpha value is -4.46. The van der Waals surface area contributed by atoms with Gasteiger partial charge in [-0.15, -0.1) is 0 Å². The Bertz CT molecular complexity index is 1350. The molecule has 0 spiro atoms. The number of nitrogens with zero attached hydrogens (tertiary/aromatic N) is 2. The number of para-hydroxylation sites is 1. The summed E-state index contributed by atoms with van der Waals surface area (Å²) in [5, 5.41) is 0.507. The van der Waals surface area contributed by atoms with E-state index in [1.165, 1.54) is 10.9 Å². The van der Waals surface area contributed by atoms with Crippen molar-refractivity contribution in [3.05, 3.63) is 101 Å². The predicted octanol–water partition coefficient (Wildman–Crippen LogP) is 2.53. The van der Waals surface area contributed by atoms with Gasteiger partial charge in [-0.05, 0) is 61.0 Å². The number of fused-ring (bicyclic) bond motifs is 1. The van der Waals surface area contributed by atoms with Crippen LogP contribution in [-0.4, -0.2) is 28.0 Å². The van der Waals surface area contributed by atoms with Gasteiger partial charge >= 0.3 is 0 Å². The SMILES string of the molecule is Cc1cccc(OCC(=O)NNC(=O)c2ccc(-n3cnc4ccccc4c3=O)cc2)c1. The maximum Gasteiger partial charge on any atom is 0.276 e. The first kappa shape index (κ1) is 20.8. The van der Waals surface area contributed by atoms with Crippen LogP contribution in [-0.2, 0) is 4.79 Å². The molecule has 0 radical (unpaired) electrons. The highest BCUT2D eigenvalue weighted by atomic mass is 16.5. The van der Waals surface area contributed by atoms with Gasteiger partial charge in [-0.2, -0.15) is 0 Å². The molecule has 0 atom stereocenters. The second-order valence-electron chi connectivity index (χ2n) is 7.09. The number of hydrogen-bond donors (Lipinski definition) is 2. The molecule has 0 bridgehead atoms. The Morgan fingerprint density at radius 3 is 2.53 bits per heavy atom. The topological polar surface area (TPSA) is 102 Å². The lowest BCUT2D eigenvalue weighted by atomic mass is 10.2. The molecule has 2 amide bonds. The van der Waals surface area contributed by atoms with Crippen molar-refractivity contribution in [2.75, 3.05) is 6.61 Å². The third-order valence-electron chi connectivity index (χ3n) is 4.75. The lowest BCUT2D eigenvalue weighted by Crippen LogP contribution is -2.43. The molecule has 0 unspecified atom stereocenters. The maximum absolute atomic E-state index is 12.7. The Balaban J connectivity index is 1.37. The third-order valence-corrected chi connectivity index (χ3v) is 4.75. The minimum Gasteiger partial charge on any atom is -0.484 e. The van der Waals surface area contributed by atoms with Gasteiger partial charge in [0, 0.05) is 5.56 Å². The summed E-state index contributed by atoms with van der Waals surface area (Å²) in [6.07, 6.45) is 1.45. The molecule has 1 aromatic heterocycles. The van der Waals surface area contributed by atoms with Crippen molar-refractivity contribution in [3.63, 3.8) is 0 Å². The van der Waals surface area contributed by atoms with Gasteiger partial charge in [-0.3, -0.25) is 29.8 Å². The van der Waals surface area contributed by atoms with Gasteiger partial charge in [0.1, 0.15) is 12.1 Å². The highest BCUT2D eigenvalue weighted by Crippen LogP contribution is 2.12. The molecule has 0 aliphatic heterocycles. The van der Waals surface area contributed by atoms with E-state index < -0.39 is 11.8 Å². The van der Waals surface area contributed by atoms with Gasteiger partial charge in [0.25, 0.3) is 17.4 Å². The fraction of sp³-hybridized carbons (Fsp3) is 0.0833.